The number of methoxy groups -OCH3 is 1. The van der Waals surface area contributed by atoms with Gasteiger partial charge in [-0.3, -0.25) is 0 Å². The summed E-state index contributed by atoms with van der Waals surface area (Å²) in [6, 6.07) is 3.73. The first-order valence-electron chi connectivity index (χ1n) is 5.56. The summed E-state index contributed by atoms with van der Waals surface area (Å²) in [6.07, 6.45) is -2.13. The highest BCUT2D eigenvalue weighted by Crippen LogP contribution is 2.35. The van der Waals surface area contributed by atoms with E-state index in [0.717, 1.165) is 12.4 Å². The van der Waals surface area contributed by atoms with Crippen molar-refractivity contribution in [1.29, 1.82) is 5.26 Å². The molecule has 1 heterocycles. The molecule has 8 heteroatoms. The zero-order valence-corrected chi connectivity index (χ0v) is 11.3. The van der Waals surface area contributed by atoms with Crippen LogP contribution in [0.15, 0.2) is 18.5 Å². The molecule has 0 aliphatic carbocycles. The fourth-order valence-corrected chi connectivity index (χ4v) is 1.97. The topological polar surface area (TPSA) is 58.8 Å². The quantitative estimate of drug-likeness (QED) is 0.865. The number of aromatic nitrogens is 2. The molecule has 108 valence electrons. The van der Waals surface area contributed by atoms with Gasteiger partial charge < -0.3 is 4.74 Å². The maximum atomic E-state index is 14.0. The molecule has 0 unspecified atom stereocenters. The summed E-state index contributed by atoms with van der Waals surface area (Å²) >= 11 is 5.76. The van der Waals surface area contributed by atoms with Gasteiger partial charge in [-0.1, -0.05) is 11.6 Å². The lowest BCUT2D eigenvalue weighted by molar-refractivity contribution is 0.145. The van der Waals surface area contributed by atoms with Gasteiger partial charge in [0.1, 0.15) is 35.2 Å². The summed E-state index contributed by atoms with van der Waals surface area (Å²) in [5.74, 6) is -0.676. The van der Waals surface area contributed by atoms with Crippen LogP contribution >= 0.6 is 11.6 Å². The Morgan fingerprint density at radius 1 is 1.33 bits per heavy atom. The van der Waals surface area contributed by atoms with Crippen LogP contribution in [0.3, 0.4) is 0 Å². The maximum absolute atomic E-state index is 14.0. The summed E-state index contributed by atoms with van der Waals surface area (Å²) in [6.45, 7) is 0. The van der Waals surface area contributed by atoms with Gasteiger partial charge in [-0.2, -0.15) is 5.26 Å². The number of alkyl halides is 2. The minimum absolute atomic E-state index is 0.0143. The normalized spacial score (nSPS) is 10.5. The van der Waals surface area contributed by atoms with E-state index in [9.17, 15) is 13.2 Å². The first-order valence-corrected chi connectivity index (χ1v) is 5.94. The Hall–Kier alpha value is -2.33. The largest absolute Gasteiger partial charge is 0.495 e. The Labute approximate surface area is 122 Å². The van der Waals surface area contributed by atoms with Crippen molar-refractivity contribution in [2.75, 3.05) is 7.11 Å². The molecule has 1 aromatic heterocycles. The summed E-state index contributed by atoms with van der Waals surface area (Å²) in [7, 11) is 1.32. The zero-order valence-electron chi connectivity index (χ0n) is 10.6. The van der Waals surface area contributed by atoms with Crippen LogP contribution in [0.1, 0.15) is 17.7 Å². The lowest BCUT2D eigenvalue weighted by Gasteiger charge is -2.10. The van der Waals surface area contributed by atoms with E-state index in [1.165, 1.54) is 13.2 Å². The van der Waals surface area contributed by atoms with Gasteiger partial charge in [0.2, 0.25) is 0 Å². The van der Waals surface area contributed by atoms with E-state index in [0.29, 0.717) is 0 Å². The van der Waals surface area contributed by atoms with Gasteiger partial charge in [-0.25, -0.2) is 23.1 Å². The Bertz CT molecular complexity index is 731. The lowest BCUT2D eigenvalue weighted by atomic mass is 10.0. The molecule has 0 radical (unpaired) electrons. The van der Waals surface area contributed by atoms with Crippen LogP contribution in [-0.4, -0.2) is 17.1 Å². The number of benzene rings is 1. The number of halogens is 4. The Morgan fingerprint density at radius 3 is 2.62 bits per heavy atom. The predicted octanol–water partition coefficient (Wildman–Crippen LogP) is 3.75. The monoisotopic (exact) mass is 313 g/mol. The fourth-order valence-electron chi connectivity index (χ4n) is 1.75. The first-order chi connectivity index (χ1) is 9.99. The van der Waals surface area contributed by atoms with E-state index in [-0.39, 0.29) is 22.0 Å². The van der Waals surface area contributed by atoms with Crippen molar-refractivity contribution in [3.8, 4) is 23.1 Å². The maximum Gasteiger partial charge on any atom is 0.281 e. The van der Waals surface area contributed by atoms with E-state index in [2.05, 4.69) is 9.97 Å². The van der Waals surface area contributed by atoms with Crippen LogP contribution in [0.4, 0.5) is 13.2 Å². The SMILES string of the molecule is COc1cc(-c2ncnc(C(F)F)c2C#N)c(F)cc1Cl. The molecule has 21 heavy (non-hydrogen) atoms. The number of nitriles is 1. The second-order valence-corrected chi connectivity index (χ2v) is 4.27. The van der Waals surface area contributed by atoms with Crippen molar-refractivity contribution in [3.63, 3.8) is 0 Å². The number of ether oxygens (including phenoxy) is 1. The van der Waals surface area contributed by atoms with Crippen molar-refractivity contribution >= 4 is 11.6 Å². The highest BCUT2D eigenvalue weighted by atomic mass is 35.5. The molecular weight excluding hydrogens is 307 g/mol. The van der Waals surface area contributed by atoms with Gasteiger partial charge in [0.25, 0.3) is 6.43 Å². The highest BCUT2D eigenvalue weighted by Gasteiger charge is 2.22. The fraction of sp³-hybridized carbons (Fsp3) is 0.154. The van der Waals surface area contributed by atoms with E-state index >= 15 is 0 Å². The van der Waals surface area contributed by atoms with Gasteiger partial charge in [-0.15, -0.1) is 0 Å². The zero-order chi connectivity index (χ0) is 15.6. The molecule has 0 aliphatic rings. The summed E-state index contributed by atoms with van der Waals surface area (Å²) in [4.78, 5) is 7.08. The van der Waals surface area contributed by atoms with Crippen molar-refractivity contribution in [2.24, 2.45) is 0 Å². The second-order valence-electron chi connectivity index (χ2n) is 3.86. The average Bonchev–Trinajstić information content (AvgIpc) is 2.46. The molecule has 0 bridgehead atoms. The van der Waals surface area contributed by atoms with Crippen molar-refractivity contribution < 1.29 is 17.9 Å². The third kappa shape index (κ3) is 2.76. The summed E-state index contributed by atoms with van der Waals surface area (Å²) in [5, 5.41) is 9.05. The van der Waals surface area contributed by atoms with Crippen LogP contribution in [-0.2, 0) is 0 Å². The van der Waals surface area contributed by atoms with Gasteiger partial charge in [0.15, 0.2) is 0 Å². The van der Waals surface area contributed by atoms with E-state index in [1.54, 1.807) is 6.07 Å². The van der Waals surface area contributed by atoms with Crippen LogP contribution in [0.2, 0.25) is 5.02 Å². The molecule has 0 amide bonds. The molecule has 0 N–H and O–H groups in total. The van der Waals surface area contributed by atoms with Crippen molar-refractivity contribution in [3.05, 3.63) is 40.6 Å². The molecular formula is C13H7ClF3N3O. The van der Waals surface area contributed by atoms with Crippen LogP contribution < -0.4 is 4.74 Å². The Balaban J connectivity index is 2.74. The van der Waals surface area contributed by atoms with Crippen molar-refractivity contribution in [1.82, 2.24) is 9.97 Å². The van der Waals surface area contributed by atoms with E-state index in [4.69, 9.17) is 21.6 Å². The number of hydrogen-bond donors (Lipinski definition) is 0. The number of rotatable bonds is 3. The van der Waals surface area contributed by atoms with Gasteiger partial charge in [0, 0.05) is 5.56 Å². The molecule has 0 atom stereocenters. The second kappa shape index (κ2) is 5.97. The van der Waals surface area contributed by atoms with Crippen molar-refractivity contribution in [2.45, 2.75) is 6.43 Å². The van der Waals surface area contributed by atoms with Crippen LogP contribution in [0, 0.1) is 17.1 Å². The molecule has 0 saturated carbocycles. The lowest BCUT2D eigenvalue weighted by Crippen LogP contribution is -2.02. The predicted molar refractivity (Wildman–Crippen MR) is 68.7 cm³/mol. The third-order valence-electron chi connectivity index (χ3n) is 2.69. The third-order valence-corrected chi connectivity index (χ3v) is 2.99. The van der Waals surface area contributed by atoms with Gasteiger partial charge in [-0.05, 0) is 12.1 Å². The first kappa shape index (κ1) is 15.1. The van der Waals surface area contributed by atoms with Crippen LogP contribution in [0.5, 0.6) is 5.75 Å². The molecule has 2 aromatic rings. The molecule has 0 spiro atoms. The molecule has 0 saturated heterocycles. The molecule has 2 rings (SSSR count). The number of hydrogen-bond acceptors (Lipinski definition) is 4. The minimum Gasteiger partial charge on any atom is -0.495 e. The molecule has 1 aromatic carbocycles. The smallest absolute Gasteiger partial charge is 0.281 e. The number of nitrogens with zero attached hydrogens (tertiary/aromatic N) is 3. The summed E-state index contributed by atoms with van der Waals surface area (Å²) < 4.78 is 44.6. The molecule has 0 fully saturated rings. The van der Waals surface area contributed by atoms with E-state index < -0.39 is 23.5 Å². The average molecular weight is 314 g/mol. The highest BCUT2D eigenvalue weighted by molar-refractivity contribution is 6.32. The minimum atomic E-state index is -2.97. The summed E-state index contributed by atoms with van der Waals surface area (Å²) in [5.41, 5.74) is -1.65. The Kier molecular flexibility index (Phi) is 4.29. The van der Waals surface area contributed by atoms with Crippen LogP contribution in [0.25, 0.3) is 11.3 Å². The molecule has 4 nitrogen and oxygen atoms in total. The van der Waals surface area contributed by atoms with Gasteiger partial charge in [0.05, 0.1) is 17.8 Å². The standard InChI is InChI=1S/C13H7ClF3N3O/c1-21-10-2-6(9(15)3-8(10)14)11-7(4-18)12(13(16)17)20-5-19-11/h2-3,5,13H,1H3. The molecule has 0 aliphatic heterocycles. The van der Waals surface area contributed by atoms with E-state index in [1.807, 2.05) is 0 Å². The Morgan fingerprint density at radius 2 is 2.05 bits per heavy atom. The van der Waals surface area contributed by atoms with Gasteiger partial charge >= 0.3 is 0 Å².